The molecule has 5 rings (SSSR count). The van der Waals surface area contributed by atoms with Gasteiger partial charge >= 0.3 is 0 Å². The first-order valence-corrected chi connectivity index (χ1v) is 15.7. The van der Waals surface area contributed by atoms with Crippen LogP contribution < -0.4 is 10.2 Å². The molecule has 2 aromatic rings. The van der Waals surface area contributed by atoms with E-state index in [0.717, 1.165) is 66.0 Å². The Hall–Kier alpha value is -3.84. The lowest BCUT2D eigenvalue weighted by Crippen LogP contribution is -2.40. The van der Waals surface area contributed by atoms with E-state index in [1.54, 1.807) is 6.92 Å². The fourth-order valence-electron chi connectivity index (χ4n) is 6.47. The van der Waals surface area contributed by atoms with Gasteiger partial charge in [0.25, 0.3) is 11.8 Å². The van der Waals surface area contributed by atoms with E-state index in [0.29, 0.717) is 55.9 Å². The van der Waals surface area contributed by atoms with Crippen LogP contribution in [-0.4, -0.2) is 81.1 Å². The smallest absolute Gasteiger partial charge is 0.254 e. The van der Waals surface area contributed by atoms with E-state index in [1.165, 1.54) is 0 Å². The van der Waals surface area contributed by atoms with Gasteiger partial charge < -0.3 is 19.7 Å². The minimum atomic E-state index is -0.475. The van der Waals surface area contributed by atoms with Gasteiger partial charge in [-0.2, -0.15) is 5.26 Å². The second-order valence-electron chi connectivity index (χ2n) is 11.9. The number of carbonyl (C=O) groups excluding carboxylic acids is 2. The average Bonchev–Trinajstić information content (AvgIpc) is 3.03. The highest BCUT2D eigenvalue weighted by atomic mass is 16.5. The summed E-state index contributed by atoms with van der Waals surface area (Å²) < 4.78 is 11.1. The molecular weight excluding hydrogens is 554 g/mol. The number of hydrogen-bond acceptors (Lipinski definition) is 7. The third kappa shape index (κ3) is 7.10. The molecule has 1 atom stereocenters. The molecule has 9 heteroatoms. The highest BCUT2D eigenvalue weighted by Gasteiger charge is 2.27. The number of rotatable bonds is 9. The van der Waals surface area contributed by atoms with Crippen LogP contribution in [0.4, 0.5) is 5.69 Å². The van der Waals surface area contributed by atoms with Gasteiger partial charge in [-0.3, -0.25) is 14.5 Å². The minimum Gasteiger partial charge on any atom is -0.381 e. The summed E-state index contributed by atoms with van der Waals surface area (Å²) in [7, 11) is 0. The molecule has 9 nitrogen and oxygen atoms in total. The van der Waals surface area contributed by atoms with Crippen LogP contribution in [0.2, 0.25) is 0 Å². The summed E-state index contributed by atoms with van der Waals surface area (Å²) in [4.78, 5) is 35.2. The maximum Gasteiger partial charge on any atom is 0.254 e. The van der Waals surface area contributed by atoms with Gasteiger partial charge in [0.15, 0.2) is 0 Å². The Morgan fingerprint density at radius 1 is 1.07 bits per heavy atom. The Kier molecular flexibility index (Phi) is 10.3. The Balaban J connectivity index is 1.49. The zero-order valence-corrected chi connectivity index (χ0v) is 26.3. The number of hydrogen-bond donors (Lipinski definition) is 1. The fourth-order valence-corrected chi connectivity index (χ4v) is 6.47. The molecule has 2 aromatic carbocycles. The lowest BCUT2D eigenvalue weighted by Gasteiger charge is -2.37. The van der Waals surface area contributed by atoms with Crippen LogP contribution >= 0.6 is 0 Å². The molecule has 0 bridgehead atoms. The second kappa shape index (κ2) is 14.3. The molecule has 2 fully saturated rings. The van der Waals surface area contributed by atoms with Crippen LogP contribution in [0.5, 0.6) is 0 Å². The number of ether oxygens (including phenoxy) is 2. The first-order valence-electron chi connectivity index (χ1n) is 15.7. The van der Waals surface area contributed by atoms with Gasteiger partial charge in [0, 0.05) is 68.9 Å². The number of nitriles is 1. The third-order valence-corrected chi connectivity index (χ3v) is 9.01. The van der Waals surface area contributed by atoms with E-state index in [4.69, 9.17) is 9.47 Å². The highest BCUT2D eigenvalue weighted by molar-refractivity contribution is 6.06. The van der Waals surface area contributed by atoms with Crippen LogP contribution in [0, 0.1) is 24.2 Å². The number of benzene rings is 2. The lowest BCUT2D eigenvalue weighted by molar-refractivity contribution is -0.120. The molecule has 0 aromatic heterocycles. The molecule has 2 saturated heterocycles. The number of nitrogens with one attached hydrogen (secondary N) is 1. The van der Waals surface area contributed by atoms with Crippen molar-refractivity contribution in [3.63, 3.8) is 0 Å². The maximum atomic E-state index is 13.8. The summed E-state index contributed by atoms with van der Waals surface area (Å²) in [6.45, 7) is 14.0. The number of amides is 2. The normalized spacial score (nSPS) is 19.6. The van der Waals surface area contributed by atoms with Crippen molar-refractivity contribution in [1.82, 2.24) is 10.2 Å². The van der Waals surface area contributed by atoms with E-state index in [2.05, 4.69) is 39.2 Å². The third-order valence-electron chi connectivity index (χ3n) is 9.01. The number of dihydropyridines is 1. The lowest BCUT2D eigenvalue weighted by atomic mass is 9.93. The minimum absolute atomic E-state index is 0.183. The number of carbonyl (C=O) groups is 2. The highest BCUT2D eigenvalue weighted by Crippen LogP contribution is 2.35. The van der Waals surface area contributed by atoms with Crippen LogP contribution in [0.3, 0.4) is 0 Å². The molecule has 0 aliphatic carbocycles. The monoisotopic (exact) mass is 597 g/mol. The van der Waals surface area contributed by atoms with Crippen molar-refractivity contribution in [3.05, 3.63) is 64.2 Å². The van der Waals surface area contributed by atoms with Crippen LogP contribution in [-0.2, 0) is 20.8 Å². The topological polar surface area (TPSA) is 107 Å². The van der Waals surface area contributed by atoms with E-state index < -0.39 is 5.92 Å². The summed E-state index contributed by atoms with van der Waals surface area (Å²) in [6.07, 6.45) is 3.73. The van der Waals surface area contributed by atoms with E-state index >= 15 is 0 Å². The predicted molar refractivity (Wildman–Crippen MR) is 172 cm³/mol. The Bertz CT molecular complexity index is 1500. The summed E-state index contributed by atoms with van der Waals surface area (Å²) >= 11 is 0. The van der Waals surface area contributed by atoms with Crippen LogP contribution in [0.1, 0.15) is 60.7 Å². The molecule has 0 radical (unpaired) electrons. The quantitative estimate of drug-likeness (QED) is 0.448. The van der Waals surface area contributed by atoms with Gasteiger partial charge in [-0.25, -0.2) is 4.99 Å². The van der Waals surface area contributed by atoms with Gasteiger partial charge in [0.1, 0.15) is 0 Å². The Morgan fingerprint density at radius 3 is 2.48 bits per heavy atom. The van der Waals surface area contributed by atoms with E-state index in [-0.39, 0.29) is 18.4 Å². The molecule has 3 aliphatic heterocycles. The van der Waals surface area contributed by atoms with E-state index in [1.807, 2.05) is 44.2 Å². The Morgan fingerprint density at radius 2 is 1.80 bits per heavy atom. The number of nitrogens with zero attached hydrogens (tertiary/aromatic N) is 4. The molecule has 3 aliphatic rings. The predicted octanol–water partition coefficient (Wildman–Crippen LogP) is 4.66. The number of allylic oxidation sites excluding steroid dienone is 1. The van der Waals surface area contributed by atoms with Gasteiger partial charge in [-0.1, -0.05) is 17.7 Å². The van der Waals surface area contributed by atoms with E-state index in [9.17, 15) is 14.9 Å². The first kappa shape index (κ1) is 31.6. The maximum absolute atomic E-state index is 13.8. The first-order chi connectivity index (χ1) is 21.3. The molecule has 44 heavy (non-hydrogen) atoms. The molecule has 232 valence electrons. The standard InChI is InChI=1S/C35H43N5O4/c1-5-40(30-8-12-43-13-9-30)33-19-28(26-6-7-27(29(17-26)20-36)22-39-10-14-44-15-11-39)18-31(25(33)4)34(41)37-21-32-23(2)16-24(3)38-35(32)42/h6-7,16-19,30,32H,5,8-15,21-22H2,1-4H3,(H,37,41). The average molecular weight is 598 g/mol. The van der Waals surface area contributed by atoms with Crippen molar-refractivity contribution < 1.29 is 19.1 Å². The number of morpholine rings is 1. The summed E-state index contributed by atoms with van der Waals surface area (Å²) in [6, 6.07) is 12.8. The van der Waals surface area contributed by atoms with Crippen molar-refractivity contribution in [2.45, 2.75) is 53.1 Å². The van der Waals surface area contributed by atoms with Crippen molar-refractivity contribution in [2.75, 3.05) is 57.5 Å². The summed E-state index contributed by atoms with van der Waals surface area (Å²) in [5.41, 5.74) is 7.41. The molecular formula is C35H43N5O4. The zero-order chi connectivity index (χ0) is 31.2. The molecule has 2 amide bonds. The van der Waals surface area contributed by atoms with Gasteiger partial charge in [-0.15, -0.1) is 0 Å². The Labute approximate surface area is 260 Å². The number of aliphatic imine (C=N–C) groups is 1. The van der Waals surface area contributed by atoms with Crippen molar-refractivity contribution in [3.8, 4) is 17.2 Å². The van der Waals surface area contributed by atoms with Crippen molar-refractivity contribution in [2.24, 2.45) is 10.9 Å². The SMILES string of the molecule is CCN(c1cc(-c2ccc(CN3CCOCC3)c(C#N)c2)cc(C(=O)NCC2C(=O)N=C(C)C=C2C)c1C)C1CCOCC1. The largest absolute Gasteiger partial charge is 0.381 e. The fraction of sp³-hybridized carbons (Fsp3) is 0.486. The van der Waals surface area contributed by atoms with Gasteiger partial charge in [-0.05, 0) is 87.1 Å². The van der Waals surface area contributed by atoms with Gasteiger partial charge in [0.2, 0.25) is 0 Å². The molecule has 3 heterocycles. The molecule has 1 N–H and O–H groups in total. The van der Waals surface area contributed by atoms with Crippen LogP contribution in [0.15, 0.2) is 47.0 Å². The summed E-state index contributed by atoms with van der Waals surface area (Å²) in [5, 5.41) is 13.1. The van der Waals surface area contributed by atoms with Crippen LogP contribution in [0.25, 0.3) is 11.1 Å². The zero-order valence-electron chi connectivity index (χ0n) is 26.3. The number of anilines is 1. The molecule has 1 unspecified atom stereocenters. The molecule has 0 spiro atoms. The van der Waals surface area contributed by atoms with Gasteiger partial charge in [0.05, 0.1) is 30.8 Å². The molecule has 0 saturated carbocycles. The summed E-state index contributed by atoms with van der Waals surface area (Å²) in [5.74, 6) is -0.936. The van der Waals surface area contributed by atoms with Crippen molar-refractivity contribution >= 4 is 23.2 Å². The second-order valence-corrected chi connectivity index (χ2v) is 11.9. The van der Waals surface area contributed by atoms with Crippen molar-refractivity contribution in [1.29, 1.82) is 5.26 Å².